The molecule has 0 atom stereocenters. The van der Waals surface area contributed by atoms with E-state index in [-0.39, 0.29) is 0 Å². The second-order valence-electron chi connectivity index (χ2n) is 7.23. The number of rotatable bonds is 3. The first-order valence-corrected chi connectivity index (χ1v) is 10.6. The van der Waals surface area contributed by atoms with Gasteiger partial charge in [0.05, 0.1) is 0 Å². The summed E-state index contributed by atoms with van der Waals surface area (Å²) in [6.45, 7) is 3.37. The fourth-order valence-corrected chi connectivity index (χ4v) is 5.00. The molecule has 7 nitrogen and oxygen atoms in total. The van der Waals surface area contributed by atoms with Crippen LogP contribution in [0, 0.1) is 13.8 Å². The van der Waals surface area contributed by atoms with Crippen LogP contribution in [0.15, 0.2) is 17.3 Å². The summed E-state index contributed by atoms with van der Waals surface area (Å²) in [5.41, 5.74) is 6.69. The average molecular weight is 386 g/mol. The Morgan fingerprint density at radius 3 is 2.04 bits per heavy atom. The van der Waals surface area contributed by atoms with Crippen molar-refractivity contribution in [1.29, 1.82) is 0 Å². The van der Waals surface area contributed by atoms with Crippen LogP contribution in [0.2, 0.25) is 0 Å². The molecule has 0 unspecified atom stereocenters. The third kappa shape index (κ3) is 3.41. The van der Waals surface area contributed by atoms with E-state index in [0.717, 1.165) is 55.3 Å². The molecule has 2 aromatic rings. The molecule has 2 aliphatic carbocycles. The molecule has 1 heterocycles. The summed E-state index contributed by atoms with van der Waals surface area (Å²) >= 11 is 0. The monoisotopic (exact) mass is 386 g/mol. The third-order valence-corrected chi connectivity index (χ3v) is 6.26. The predicted molar refractivity (Wildman–Crippen MR) is 101 cm³/mol. The zero-order chi connectivity index (χ0) is 19.2. The van der Waals surface area contributed by atoms with Crippen molar-refractivity contribution in [2.75, 3.05) is 5.32 Å². The number of carbonyl (C=O) groups is 1. The second kappa shape index (κ2) is 6.60. The van der Waals surface area contributed by atoms with Crippen molar-refractivity contribution in [2.45, 2.75) is 57.5 Å². The minimum absolute atomic E-state index is 0.390. The molecule has 0 saturated carbocycles. The van der Waals surface area contributed by atoms with Gasteiger partial charge in [0, 0.05) is 17.1 Å². The Morgan fingerprint density at radius 1 is 0.926 bits per heavy atom. The maximum Gasteiger partial charge on any atom is 0.333 e. The maximum atomic E-state index is 12.5. The number of nitrogens with zero attached hydrogens (tertiary/aromatic N) is 2. The van der Waals surface area contributed by atoms with Crippen molar-refractivity contribution in [3.63, 3.8) is 0 Å². The number of anilines is 1. The molecule has 0 fully saturated rings. The number of carbonyl (C=O) groups excluding carboxylic acids is 1. The van der Waals surface area contributed by atoms with E-state index in [1.807, 2.05) is 0 Å². The number of fused-ring (bicyclic) bond motifs is 2. The lowest BCUT2D eigenvalue weighted by Crippen LogP contribution is -2.36. The van der Waals surface area contributed by atoms with Gasteiger partial charge in [-0.15, -0.1) is 0 Å². The van der Waals surface area contributed by atoms with Crippen LogP contribution in [0.5, 0.6) is 0 Å². The molecule has 0 saturated heterocycles. The molecule has 27 heavy (non-hydrogen) atoms. The Bertz CT molecular complexity index is 995. The first-order chi connectivity index (χ1) is 12.8. The van der Waals surface area contributed by atoms with Gasteiger partial charge < -0.3 is 5.32 Å². The molecule has 0 bridgehead atoms. The quantitative estimate of drug-likeness (QED) is 0.790. The van der Waals surface area contributed by atoms with Crippen molar-refractivity contribution < 1.29 is 13.2 Å². The number of hydrogen-bond acceptors (Lipinski definition) is 5. The highest BCUT2D eigenvalue weighted by molar-refractivity contribution is 7.89. The second-order valence-corrected chi connectivity index (χ2v) is 8.80. The minimum Gasteiger partial charge on any atom is -0.307 e. The van der Waals surface area contributed by atoms with Gasteiger partial charge in [-0.3, -0.25) is 0 Å². The van der Waals surface area contributed by atoms with E-state index in [1.54, 1.807) is 19.9 Å². The zero-order valence-electron chi connectivity index (χ0n) is 15.4. The molecule has 0 aliphatic heterocycles. The van der Waals surface area contributed by atoms with Crippen molar-refractivity contribution in [3.8, 4) is 0 Å². The molecule has 2 N–H and O–H groups in total. The number of benzene rings is 1. The lowest BCUT2D eigenvalue weighted by Gasteiger charge is -2.16. The summed E-state index contributed by atoms with van der Waals surface area (Å²) in [5.74, 6) is 0. The Balaban J connectivity index is 1.61. The number of amides is 2. The van der Waals surface area contributed by atoms with Crippen LogP contribution in [0.1, 0.15) is 46.5 Å². The summed E-state index contributed by atoms with van der Waals surface area (Å²) in [4.78, 5) is 20.4. The van der Waals surface area contributed by atoms with Gasteiger partial charge in [-0.25, -0.2) is 19.5 Å². The van der Waals surface area contributed by atoms with Crippen LogP contribution in [0.3, 0.4) is 0 Å². The average Bonchev–Trinajstić information content (AvgIpc) is 3.22. The highest BCUT2D eigenvalue weighted by Crippen LogP contribution is 2.38. The Morgan fingerprint density at radius 2 is 1.48 bits per heavy atom. The van der Waals surface area contributed by atoms with E-state index in [2.05, 4.69) is 26.1 Å². The smallest absolute Gasteiger partial charge is 0.307 e. The van der Waals surface area contributed by atoms with E-state index in [1.165, 1.54) is 11.1 Å². The van der Waals surface area contributed by atoms with Crippen LogP contribution in [0.25, 0.3) is 0 Å². The maximum absolute atomic E-state index is 12.5. The lowest BCUT2D eigenvalue weighted by molar-refractivity contribution is 0.256. The van der Waals surface area contributed by atoms with Gasteiger partial charge in [0.2, 0.25) is 0 Å². The molecule has 2 aliphatic rings. The van der Waals surface area contributed by atoms with E-state index in [0.29, 0.717) is 11.4 Å². The summed E-state index contributed by atoms with van der Waals surface area (Å²) in [7, 11) is -4.14. The van der Waals surface area contributed by atoms with E-state index in [4.69, 9.17) is 0 Å². The van der Waals surface area contributed by atoms with Crippen LogP contribution in [0.4, 0.5) is 10.5 Å². The predicted octanol–water partition coefficient (Wildman–Crippen LogP) is 2.58. The van der Waals surface area contributed by atoms with Gasteiger partial charge in [-0.2, -0.15) is 8.42 Å². The first kappa shape index (κ1) is 17.9. The third-order valence-electron chi connectivity index (χ3n) is 5.14. The molecule has 1 aromatic heterocycles. The van der Waals surface area contributed by atoms with Gasteiger partial charge in [-0.1, -0.05) is 6.07 Å². The van der Waals surface area contributed by atoms with Crippen molar-refractivity contribution in [3.05, 3.63) is 45.8 Å². The number of aryl methyl sites for hydroxylation is 4. The Labute approximate surface area is 158 Å². The molecular formula is C19H22N4O3S. The van der Waals surface area contributed by atoms with Gasteiger partial charge >= 0.3 is 16.1 Å². The summed E-state index contributed by atoms with van der Waals surface area (Å²) in [5, 5.41) is 2.42. The summed E-state index contributed by atoms with van der Waals surface area (Å²) < 4.78 is 27.1. The number of aromatic nitrogens is 2. The fraction of sp³-hybridized carbons (Fsp3) is 0.421. The molecule has 0 radical (unpaired) electrons. The molecule has 4 rings (SSSR count). The summed E-state index contributed by atoms with van der Waals surface area (Å²) in [6, 6.07) is 3.16. The van der Waals surface area contributed by atoms with Crippen LogP contribution in [-0.2, 0) is 35.7 Å². The molecule has 8 heteroatoms. The highest BCUT2D eigenvalue weighted by atomic mass is 32.2. The van der Waals surface area contributed by atoms with Crippen molar-refractivity contribution >= 4 is 21.7 Å². The first-order valence-electron chi connectivity index (χ1n) is 9.16. The molecule has 0 spiro atoms. The number of hydrogen-bond donors (Lipinski definition) is 2. The topological polar surface area (TPSA) is 101 Å². The lowest BCUT2D eigenvalue weighted by atomic mass is 9.99. The largest absolute Gasteiger partial charge is 0.333 e. The van der Waals surface area contributed by atoms with E-state index in [9.17, 15) is 13.2 Å². The fourth-order valence-electron chi connectivity index (χ4n) is 4.09. The Hall–Kier alpha value is -2.48. The van der Waals surface area contributed by atoms with Gasteiger partial charge in [0.15, 0.2) is 0 Å². The van der Waals surface area contributed by atoms with Crippen molar-refractivity contribution in [2.24, 2.45) is 0 Å². The van der Waals surface area contributed by atoms with Crippen LogP contribution < -0.4 is 10.0 Å². The molecule has 142 valence electrons. The van der Waals surface area contributed by atoms with Crippen LogP contribution >= 0.6 is 0 Å². The Kier molecular flexibility index (Phi) is 4.38. The standard InChI is InChI=1S/C19H22N4O3S/c1-11-9-12(2)21-19(20-11)27(25,26)23-18(24)22-17-15-7-3-5-13(15)10-14-6-4-8-16(14)17/h9-10H,3-8H2,1-2H3,(H2,22,23,24). The van der Waals surface area contributed by atoms with Gasteiger partial charge in [-0.05, 0) is 80.7 Å². The van der Waals surface area contributed by atoms with Gasteiger partial charge in [0.1, 0.15) is 0 Å². The summed E-state index contributed by atoms with van der Waals surface area (Å²) in [6.07, 6.45) is 5.95. The minimum atomic E-state index is -4.14. The number of nitrogens with one attached hydrogen (secondary N) is 2. The van der Waals surface area contributed by atoms with E-state index < -0.39 is 21.2 Å². The van der Waals surface area contributed by atoms with Crippen LogP contribution in [-0.4, -0.2) is 24.4 Å². The highest BCUT2D eigenvalue weighted by Gasteiger charge is 2.27. The van der Waals surface area contributed by atoms with E-state index >= 15 is 0 Å². The normalized spacial score (nSPS) is 15.3. The van der Waals surface area contributed by atoms with Gasteiger partial charge in [0.25, 0.3) is 5.16 Å². The molecule has 2 amide bonds. The molecular weight excluding hydrogens is 364 g/mol. The SMILES string of the molecule is Cc1cc(C)nc(S(=O)(=O)NC(=O)Nc2c3c(cc4c2CCC4)CCC3)n1. The number of urea groups is 1. The zero-order valence-corrected chi connectivity index (χ0v) is 16.2. The van der Waals surface area contributed by atoms with Crippen molar-refractivity contribution in [1.82, 2.24) is 14.7 Å². The number of sulfonamides is 1. The molecule has 1 aromatic carbocycles.